The Bertz CT molecular complexity index is 761. The van der Waals surface area contributed by atoms with Crippen LogP contribution in [0.5, 0.6) is 0 Å². The minimum absolute atomic E-state index is 0.0365. The van der Waals surface area contributed by atoms with Crippen LogP contribution in [-0.4, -0.2) is 22.8 Å². The Kier molecular flexibility index (Phi) is 3.48. The van der Waals surface area contributed by atoms with E-state index in [1.165, 1.54) is 0 Å². The molecule has 0 aliphatic heterocycles. The van der Waals surface area contributed by atoms with Gasteiger partial charge >= 0.3 is 0 Å². The molecule has 1 heterocycles. The van der Waals surface area contributed by atoms with Gasteiger partial charge in [0.05, 0.1) is 6.04 Å². The van der Waals surface area contributed by atoms with Crippen molar-refractivity contribution in [2.24, 2.45) is 0 Å². The number of rotatable bonds is 3. The van der Waals surface area contributed by atoms with E-state index in [2.05, 4.69) is 4.98 Å². The van der Waals surface area contributed by atoms with E-state index in [4.69, 9.17) is 0 Å². The van der Waals surface area contributed by atoms with E-state index in [1.807, 2.05) is 74.8 Å². The summed E-state index contributed by atoms with van der Waals surface area (Å²) in [6.45, 7) is 2.04. The molecule has 0 spiro atoms. The maximum absolute atomic E-state index is 12.6. The summed E-state index contributed by atoms with van der Waals surface area (Å²) in [6.07, 6.45) is 1.88. The number of hydrogen-bond acceptors (Lipinski definition) is 1. The molecule has 3 rings (SSSR count). The molecule has 0 saturated carbocycles. The molecule has 0 bridgehead atoms. The number of aromatic nitrogens is 1. The molecule has 106 valence electrons. The van der Waals surface area contributed by atoms with Crippen molar-refractivity contribution in [3.8, 4) is 0 Å². The van der Waals surface area contributed by atoms with Crippen LogP contribution in [0.15, 0.2) is 60.8 Å². The average molecular weight is 278 g/mol. The maximum Gasteiger partial charge on any atom is 0.254 e. The van der Waals surface area contributed by atoms with E-state index in [0.717, 1.165) is 16.5 Å². The second kappa shape index (κ2) is 5.44. The third kappa shape index (κ3) is 2.55. The SMILES string of the molecule is CC(c1ccccc1)N(C)C(=O)c1ccc2[nH]ccc2c1. The van der Waals surface area contributed by atoms with Gasteiger partial charge in [0.25, 0.3) is 5.91 Å². The monoisotopic (exact) mass is 278 g/mol. The normalized spacial score (nSPS) is 12.3. The van der Waals surface area contributed by atoms with Crippen molar-refractivity contribution in [3.05, 3.63) is 71.9 Å². The van der Waals surface area contributed by atoms with Gasteiger partial charge in [-0.3, -0.25) is 4.79 Å². The van der Waals surface area contributed by atoms with Crippen LogP contribution < -0.4 is 0 Å². The lowest BCUT2D eigenvalue weighted by Gasteiger charge is -2.25. The van der Waals surface area contributed by atoms with E-state index >= 15 is 0 Å². The highest BCUT2D eigenvalue weighted by Gasteiger charge is 2.18. The van der Waals surface area contributed by atoms with Crippen molar-refractivity contribution in [1.29, 1.82) is 0 Å². The van der Waals surface area contributed by atoms with Crippen LogP contribution in [0.3, 0.4) is 0 Å². The van der Waals surface area contributed by atoms with Crippen LogP contribution in [0.25, 0.3) is 10.9 Å². The smallest absolute Gasteiger partial charge is 0.254 e. The summed E-state index contributed by atoms with van der Waals surface area (Å²) >= 11 is 0. The molecule has 0 fully saturated rings. The van der Waals surface area contributed by atoms with Gasteiger partial charge in [-0.05, 0) is 36.8 Å². The van der Waals surface area contributed by atoms with E-state index < -0.39 is 0 Å². The number of hydrogen-bond donors (Lipinski definition) is 1. The van der Waals surface area contributed by atoms with Gasteiger partial charge in [-0.1, -0.05) is 30.3 Å². The molecule has 1 amide bonds. The number of nitrogens with zero attached hydrogens (tertiary/aromatic N) is 1. The third-order valence-electron chi connectivity index (χ3n) is 3.98. The molecule has 1 aromatic heterocycles. The summed E-state index contributed by atoms with van der Waals surface area (Å²) in [5.41, 5.74) is 2.90. The van der Waals surface area contributed by atoms with Crippen molar-refractivity contribution in [2.75, 3.05) is 7.05 Å². The number of H-pyrrole nitrogens is 1. The van der Waals surface area contributed by atoms with E-state index in [0.29, 0.717) is 5.56 Å². The predicted octanol–water partition coefficient (Wildman–Crippen LogP) is 4.00. The standard InChI is InChI=1S/C18H18N2O/c1-13(14-6-4-3-5-7-14)20(2)18(21)16-8-9-17-15(12-16)10-11-19-17/h3-13,19H,1-2H3. The zero-order valence-corrected chi connectivity index (χ0v) is 12.2. The summed E-state index contributed by atoms with van der Waals surface area (Å²) in [4.78, 5) is 17.6. The van der Waals surface area contributed by atoms with Crippen LogP contribution in [0.1, 0.15) is 28.9 Å². The minimum Gasteiger partial charge on any atom is -0.361 e. The van der Waals surface area contributed by atoms with E-state index in [-0.39, 0.29) is 11.9 Å². The van der Waals surface area contributed by atoms with Gasteiger partial charge in [0, 0.05) is 29.7 Å². The van der Waals surface area contributed by atoms with Gasteiger partial charge in [-0.2, -0.15) is 0 Å². The topological polar surface area (TPSA) is 36.1 Å². The first kappa shape index (κ1) is 13.4. The Balaban J connectivity index is 1.86. The molecule has 0 radical (unpaired) electrons. The second-order valence-corrected chi connectivity index (χ2v) is 5.28. The minimum atomic E-state index is 0.0365. The molecular weight excluding hydrogens is 260 g/mol. The highest BCUT2D eigenvalue weighted by atomic mass is 16.2. The van der Waals surface area contributed by atoms with Gasteiger partial charge < -0.3 is 9.88 Å². The summed E-state index contributed by atoms with van der Waals surface area (Å²) in [5.74, 6) is 0.0365. The van der Waals surface area contributed by atoms with Crippen molar-refractivity contribution in [1.82, 2.24) is 9.88 Å². The number of carbonyl (C=O) groups excluding carboxylic acids is 1. The van der Waals surface area contributed by atoms with Gasteiger partial charge in [0.1, 0.15) is 0 Å². The lowest BCUT2D eigenvalue weighted by molar-refractivity contribution is 0.0743. The Labute approximate surface area is 124 Å². The Morgan fingerprint density at radius 2 is 1.86 bits per heavy atom. The number of amides is 1. The van der Waals surface area contributed by atoms with E-state index in [9.17, 15) is 4.79 Å². The summed E-state index contributed by atoms with van der Waals surface area (Å²) in [7, 11) is 1.85. The van der Waals surface area contributed by atoms with Crippen LogP contribution in [0, 0.1) is 0 Å². The molecule has 3 aromatic rings. The van der Waals surface area contributed by atoms with Crippen LogP contribution in [0.4, 0.5) is 0 Å². The van der Waals surface area contributed by atoms with E-state index in [1.54, 1.807) is 4.90 Å². The molecule has 3 heteroatoms. The first-order valence-electron chi connectivity index (χ1n) is 7.06. The Morgan fingerprint density at radius 3 is 2.62 bits per heavy atom. The number of benzene rings is 2. The number of nitrogens with one attached hydrogen (secondary N) is 1. The van der Waals surface area contributed by atoms with Crippen LogP contribution in [-0.2, 0) is 0 Å². The van der Waals surface area contributed by atoms with Crippen LogP contribution in [0.2, 0.25) is 0 Å². The molecule has 0 saturated heterocycles. The molecule has 3 nitrogen and oxygen atoms in total. The van der Waals surface area contributed by atoms with Crippen molar-refractivity contribution in [2.45, 2.75) is 13.0 Å². The quantitative estimate of drug-likeness (QED) is 0.772. The fourth-order valence-corrected chi connectivity index (χ4v) is 2.52. The summed E-state index contributed by atoms with van der Waals surface area (Å²) in [6, 6.07) is 17.8. The highest BCUT2D eigenvalue weighted by molar-refractivity contribution is 5.98. The molecule has 2 aromatic carbocycles. The predicted molar refractivity (Wildman–Crippen MR) is 85.2 cm³/mol. The zero-order chi connectivity index (χ0) is 14.8. The molecule has 1 atom stereocenters. The lowest BCUT2D eigenvalue weighted by atomic mass is 10.1. The molecule has 1 N–H and O–H groups in total. The largest absolute Gasteiger partial charge is 0.361 e. The van der Waals surface area contributed by atoms with Crippen molar-refractivity contribution >= 4 is 16.8 Å². The lowest BCUT2D eigenvalue weighted by Crippen LogP contribution is -2.29. The number of fused-ring (bicyclic) bond motifs is 1. The Hall–Kier alpha value is -2.55. The zero-order valence-electron chi connectivity index (χ0n) is 12.2. The van der Waals surface area contributed by atoms with Gasteiger partial charge in [0.15, 0.2) is 0 Å². The first-order valence-corrected chi connectivity index (χ1v) is 7.06. The first-order chi connectivity index (χ1) is 10.2. The average Bonchev–Trinajstić information content (AvgIpc) is 3.01. The van der Waals surface area contributed by atoms with Crippen molar-refractivity contribution in [3.63, 3.8) is 0 Å². The Morgan fingerprint density at radius 1 is 1.10 bits per heavy atom. The van der Waals surface area contributed by atoms with Crippen LogP contribution >= 0.6 is 0 Å². The summed E-state index contributed by atoms with van der Waals surface area (Å²) < 4.78 is 0. The maximum atomic E-state index is 12.6. The van der Waals surface area contributed by atoms with Gasteiger partial charge in [-0.15, -0.1) is 0 Å². The molecule has 0 aliphatic carbocycles. The fourth-order valence-electron chi connectivity index (χ4n) is 2.52. The second-order valence-electron chi connectivity index (χ2n) is 5.28. The number of carbonyl (C=O) groups is 1. The summed E-state index contributed by atoms with van der Waals surface area (Å²) in [5, 5.41) is 1.06. The molecule has 21 heavy (non-hydrogen) atoms. The molecular formula is C18H18N2O. The fraction of sp³-hybridized carbons (Fsp3) is 0.167. The number of aromatic amines is 1. The third-order valence-corrected chi connectivity index (χ3v) is 3.98. The highest BCUT2D eigenvalue weighted by Crippen LogP contribution is 2.22. The van der Waals surface area contributed by atoms with Crippen molar-refractivity contribution < 1.29 is 4.79 Å². The molecule has 0 aliphatic rings. The van der Waals surface area contributed by atoms with Gasteiger partial charge in [0.2, 0.25) is 0 Å². The van der Waals surface area contributed by atoms with Gasteiger partial charge in [-0.25, -0.2) is 0 Å². The molecule has 1 unspecified atom stereocenters.